The zero-order chi connectivity index (χ0) is 22.3. The summed E-state index contributed by atoms with van der Waals surface area (Å²) in [5.74, 6) is 1.24. The molecule has 1 aliphatic heterocycles. The van der Waals surface area contributed by atoms with Crippen LogP contribution in [0.1, 0.15) is 48.0 Å². The molecule has 6 heteroatoms. The Morgan fingerprint density at radius 3 is 2.44 bits per heavy atom. The second-order valence-electron chi connectivity index (χ2n) is 8.73. The number of carbonyl (C=O) groups excluding carboxylic acids is 2. The largest absolute Gasteiger partial charge is 0.496 e. The number of hydrogen-bond acceptors (Lipinski definition) is 4. The number of nitrogens with one attached hydrogen (secondary N) is 2. The molecule has 0 radical (unpaired) electrons. The van der Waals surface area contributed by atoms with Gasteiger partial charge in [-0.3, -0.25) is 9.59 Å². The standard InChI is InChI=1S/C26H33N3O3/c1-32-24-12-5-2-7-19(24)13-16-27-26(31)22-10-3-4-11-23(22)29-17-14-21(15-18-29)28-25(30)20-8-6-9-20/h2-5,7,10-12,20-21H,6,8-9,13-18H2,1H3,(H,27,31)(H,28,30). The third-order valence-corrected chi connectivity index (χ3v) is 6.68. The number of anilines is 1. The highest BCUT2D eigenvalue weighted by atomic mass is 16.5. The molecule has 2 aromatic rings. The molecular formula is C26H33N3O3. The zero-order valence-electron chi connectivity index (χ0n) is 18.8. The van der Waals surface area contributed by atoms with E-state index in [-0.39, 0.29) is 23.8 Å². The summed E-state index contributed by atoms with van der Waals surface area (Å²) in [5.41, 5.74) is 2.74. The third kappa shape index (κ3) is 5.23. The van der Waals surface area contributed by atoms with E-state index in [1.807, 2.05) is 48.5 Å². The maximum Gasteiger partial charge on any atom is 0.253 e. The van der Waals surface area contributed by atoms with Crippen molar-refractivity contribution in [2.45, 2.75) is 44.6 Å². The molecule has 2 amide bonds. The molecule has 2 N–H and O–H groups in total. The summed E-state index contributed by atoms with van der Waals surface area (Å²) < 4.78 is 5.40. The Balaban J connectivity index is 1.31. The van der Waals surface area contributed by atoms with Crippen LogP contribution in [0, 0.1) is 5.92 Å². The quantitative estimate of drug-likeness (QED) is 0.665. The van der Waals surface area contributed by atoms with Crippen LogP contribution in [-0.4, -0.2) is 44.6 Å². The van der Waals surface area contributed by atoms with Gasteiger partial charge in [-0.2, -0.15) is 0 Å². The number of para-hydroxylation sites is 2. The average Bonchev–Trinajstić information content (AvgIpc) is 2.78. The van der Waals surface area contributed by atoms with Crippen molar-refractivity contribution in [3.05, 3.63) is 59.7 Å². The van der Waals surface area contributed by atoms with E-state index in [2.05, 4.69) is 15.5 Å². The minimum Gasteiger partial charge on any atom is -0.496 e. The van der Waals surface area contributed by atoms with Crippen LogP contribution in [0.15, 0.2) is 48.5 Å². The van der Waals surface area contributed by atoms with Crippen molar-refractivity contribution in [3.8, 4) is 5.75 Å². The van der Waals surface area contributed by atoms with Crippen LogP contribution in [0.3, 0.4) is 0 Å². The SMILES string of the molecule is COc1ccccc1CCNC(=O)c1ccccc1N1CCC(NC(=O)C2CCC2)CC1. The van der Waals surface area contributed by atoms with Crippen LogP contribution in [0.2, 0.25) is 0 Å². The third-order valence-electron chi connectivity index (χ3n) is 6.68. The van der Waals surface area contributed by atoms with Gasteiger partial charge in [-0.1, -0.05) is 36.8 Å². The van der Waals surface area contributed by atoms with E-state index in [0.717, 1.165) is 55.8 Å². The lowest BCUT2D eigenvalue weighted by molar-refractivity contribution is -0.128. The highest BCUT2D eigenvalue weighted by Gasteiger charge is 2.29. The number of carbonyl (C=O) groups is 2. The number of rotatable bonds is 8. The highest BCUT2D eigenvalue weighted by Crippen LogP contribution is 2.28. The average molecular weight is 436 g/mol. The lowest BCUT2D eigenvalue weighted by Gasteiger charge is -2.36. The van der Waals surface area contributed by atoms with Crippen LogP contribution in [-0.2, 0) is 11.2 Å². The molecule has 2 aliphatic rings. The van der Waals surface area contributed by atoms with E-state index in [4.69, 9.17) is 4.74 Å². The maximum absolute atomic E-state index is 13.0. The second-order valence-corrected chi connectivity index (χ2v) is 8.73. The number of nitrogens with zero attached hydrogens (tertiary/aromatic N) is 1. The van der Waals surface area contributed by atoms with Gasteiger partial charge in [0.1, 0.15) is 5.75 Å². The van der Waals surface area contributed by atoms with Crippen molar-refractivity contribution in [1.29, 1.82) is 0 Å². The molecule has 6 nitrogen and oxygen atoms in total. The molecule has 2 aromatic carbocycles. The van der Waals surface area contributed by atoms with Crippen molar-refractivity contribution in [2.75, 3.05) is 31.6 Å². The number of ether oxygens (including phenoxy) is 1. The Bertz CT molecular complexity index is 933. The Hall–Kier alpha value is -3.02. The fourth-order valence-corrected chi connectivity index (χ4v) is 4.51. The fraction of sp³-hybridized carbons (Fsp3) is 0.462. The molecule has 0 unspecified atom stereocenters. The molecule has 32 heavy (non-hydrogen) atoms. The highest BCUT2D eigenvalue weighted by molar-refractivity contribution is 5.99. The van der Waals surface area contributed by atoms with Crippen molar-refractivity contribution < 1.29 is 14.3 Å². The van der Waals surface area contributed by atoms with E-state index < -0.39 is 0 Å². The number of piperidine rings is 1. The Labute approximate surface area is 190 Å². The van der Waals surface area contributed by atoms with Crippen molar-refractivity contribution in [3.63, 3.8) is 0 Å². The van der Waals surface area contributed by atoms with Gasteiger partial charge in [-0.05, 0) is 55.9 Å². The minimum atomic E-state index is -0.0593. The number of amides is 2. The molecule has 4 rings (SSSR count). The molecule has 1 saturated heterocycles. The van der Waals surface area contributed by atoms with Gasteiger partial charge in [0.25, 0.3) is 5.91 Å². The number of hydrogen-bond donors (Lipinski definition) is 2. The molecular weight excluding hydrogens is 402 g/mol. The monoisotopic (exact) mass is 435 g/mol. The molecule has 170 valence electrons. The molecule has 0 bridgehead atoms. The molecule has 0 aromatic heterocycles. The van der Waals surface area contributed by atoms with Crippen molar-refractivity contribution in [2.24, 2.45) is 5.92 Å². The first-order chi connectivity index (χ1) is 15.7. The van der Waals surface area contributed by atoms with Gasteiger partial charge in [-0.15, -0.1) is 0 Å². The van der Waals surface area contributed by atoms with E-state index in [0.29, 0.717) is 18.5 Å². The molecule has 1 aliphatic carbocycles. The van der Waals surface area contributed by atoms with Crippen molar-refractivity contribution >= 4 is 17.5 Å². The number of benzene rings is 2. The smallest absolute Gasteiger partial charge is 0.253 e. The van der Waals surface area contributed by atoms with Gasteiger partial charge < -0.3 is 20.3 Å². The minimum absolute atomic E-state index is 0.0593. The predicted octanol–water partition coefficient (Wildman–Crippen LogP) is 3.55. The normalized spacial score (nSPS) is 16.8. The van der Waals surface area contributed by atoms with E-state index in [1.54, 1.807) is 7.11 Å². The lowest BCUT2D eigenvalue weighted by atomic mass is 9.84. The molecule has 0 atom stereocenters. The summed E-state index contributed by atoms with van der Waals surface area (Å²) in [6.07, 6.45) is 5.76. The van der Waals surface area contributed by atoms with E-state index in [1.165, 1.54) is 6.42 Å². The first kappa shape index (κ1) is 22.2. The van der Waals surface area contributed by atoms with Crippen LogP contribution in [0.25, 0.3) is 0 Å². The van der Waals surface area contributed by atoms with Gasteiger partial charge in [0.05, 0.1) is 12.7 Å². The Morgan fingerprint density at radius 1 is 1.00 bits per heavy atom. The summed E-state index contributed by atoms with van der Waals surface area (Å²) in [6, 6.07) is 15.9. The van der Waals surface area contributed by atoms with Gasteiger partial charge >= 0.3 is 0 Å². The van der Waals surface area contributed by atoms with Gasteiger partial charge in [-0.25, -0.2) is 0 Å². The first-order valence-corrected chi connectivity index (χ1v) is 11.7. The second kappa shape index (κ2) is 10.5. The summed E-state index contributed by atoms with van der Waals surface area (Å²) in [5, 5.41) is 6.29. The van der Waals surface area contributed by atoms with Crippen LogP contribution < -0.4 is 20.3 Å². The van der Waals surface area contributed by atoms with Crippen LogP contribution in [0.4, 0.5) is 5.69 Å². The number of methoxy groups -OCH3 is 1. The maximum atomic E-state index is 13.0. The Kier molecular flexibility index (Phi) is 7.30. The zero-order valence-corrected chi connectivity index (χ0v) is 18.8. The first-order valence-electron chi connectivity index (χ1n) is 11.7. The van der Waals surface area contributed by atoms with Gasteiger partial charge in [0.15, 0.2) is 0 Å². The molecule has 1 heterocycles. The van der Waals surface area contributed by atoms with Crippen LogP contribution in [0.5, 0.6) is 5.75 Å². The topological polar surface area (TPSA) is 70.7 Å². The summed E-state index contributed by atoms with van der Waals surface area (Å²) in [6.45, 7) is 2.21. The van der Waals surface area contributed by atoms with Crippen molar-refractivity contribution in [1.82, 2.24) is 10.6 Å². The molecule has 2 fully saturated rings. The predicted molar refractivity (Wildman–Crippen MR) is 126 cm³/mol. The van der Waals surface area contributed by atoms with Gasteiger partial charge in [0.2, 0.25) is 5.91 Å². The van der Waals surface area contributed by atoms with Crippen LogP contribution >= 0.6 is 0 Å². The Morgan fingerprint density at radius 2 is 1.72 bits per heavy atom. The summed E-state index contributed by atoms with van der Waals surface area (Å²) >= 11 is 0. The fourth-order valence-electron chi connectivity index (χ4n) is 4.51. The van der Waals surface area contributed by atoms with Gasteiger partial charge in [0, 0.05) is 37.3 Å². The molecule has 1 saturated carbocycles. The summed E-state index contributed by atoms with van der Waals surface area (Å²) in [7, 11) is 1.66. The van der Waals surface area contributed by atoms with E-state index >= 15 is 0 Å². The van der Waals surface area contributed by atoms with E-state index in [9.17, 15) is 9.59 Å². The molecule has 0 spiro atoms. The summed E-state index contributed by atoms with van der Waals surface area (Å²) in [4.78, 5) is 27.5. The lowest BCUT2D eigenvalue weighted by Crippen LogP contribution is -2.47.